The third kappa shape index (κ3) is 2.43. The Balaban J connectivity index is 2.62. The van der Waals surface area contributed by atoms with Gasteiger partial charge in [-0.25, -0.2) is 9.18 Å². The van der Waals surface area contributed by atoms with Gasteiger partial charge in [-0.3, -0.25) is 0 Å². The highest BCUT2D eigenvalue weighted by atomic mass is 35.5. The van der Waals surface area contributed by atoms with E-state index in [-0.39, 0.29) is 16.3 Å². The standard InChI is InChI=1S/C13H8ClFO3/c14-12-2-1-7(13(17)18)5-11(12)8-3-9(15)6-10(16)4-8/h1-6,16H,(H,17,18). The third-order valence-electron chi connectivity index (χ3n) is 2.41. The molecule has 0 spiro atoms. The van der Waals surface area contributed by atoms with Crippen molar-refractivity contribution in [2.75, 3.05) is 0 Å². The maximum absolute atomic E-state index is 13.2. The van der Waals surface area contributed by atoms with Crippen molar-refractivity contribution in [3.63, 3.8) is 0 Å². The van der Waals surface area contributed by atoms with Gasteiger partial charge in [-0.15, -0.1) is 0 Å². The number of carbonyl (C=O) groups is 1. The molecular formula is C13H8ClFO3. The van der Waals surface area contributed by atoms with E-state index < -0.39 is 11.8 Å². The highest BCUT2D eigenvalue weighted by Crippen LogP contribution is 2.31. The maximum atomic E-state index is 13.2. The molecule has 0 saturated heterocycles. The normalized spacial score (nSPS) is 10.3. The van der Waals surface area contributed by atoms with Crippen molar-refractivity contribution in [2.24, 2.45) is 0 Å². The van der Waals surface area contributed by atoms with Gasteiger partial charge in [-0.2, -0.15) is 0 Å². The molecule has 3 nitrogen and oxygen atoms in total. The zero-order valence-electron chi connectivity index (χ0n) is 9.02. The summed E-state index contributed by atoms with van der Waals surface area (Å²) in [6.45, 7) is 0. The molecule has 2 aromatic rings. The van der Waals surface area contributed by atoms with E-state index in [0.717, 1.165) is 6.07 Å². The Hall–Kier alpha value is -2.07. The van der Waals surface area contributed by atoms with Gasteiger partial charge < -0.3 is 10.2 Å². The molecule has 0 bridgehead atoms. The van der Waals surface area contributed by atoms with E-state index in [4.69, 9.17) is 16.7 Å². The lowest BCUT2D eigenvalue weighted by Crippen LogP contribution is -1.96. The first-order valence-corrected chi connectivity index (χ1v) is 5.38. The monoisotopic (exact) mass is 266 g/mol. The van der Waals surface area contributed by atoms with Crippen LogP contribution < -0.4 is 0 Å². The number of halogens is 2. The Morgan fingerprint density at radius 3 is 2.50 bits per heavy atom. The summed E-state index contributed by atoms with van der Waals surface area (Å²) in [6.07, 6.45) is 0. The molecule has 0 aliphatic rings. The summed E-state index contributed by atoms with van der Waals surface area (Å²) in [5.41, 5.74) is 0.713. The van der Waals surface area contributed by atoms with Crippen LogP contribution in [0, 0.1) is 5.82 Å². The number of aromatic carboxylic acids is 1. The Kier molecular flexibility index (Phi) is 3.21. The van der Waals surface area contributed by atoms with Gasteiger partial charge in [0.05, 0.1) is 5.56 Å². The fraction of sp³-hybridized carbons (Fsp3) is 0. The second-order valence-corrected chi connectivity index (χ2v) is 4.11. The molecule has 0 amide bonds. The lowest BCUT2D eigenvalue weighted by molar-refractivity contribution is 0.0697. The highest BCUT2D eigenvalue weighted by molar-refractivity contribution is 6.33. The van der Waals surface area contributed by atoms with Crippen LogP contribution in [0.4, 0.5) is 4.39 Å². The van der Waals surface area contributed by atoms with Crippen LogP contribution in [0.2, 0.25) is 5.02 Å². The third-order valence-corrected chi connectivity index (χ3v) is 2.74. The van der Waals surface area contributed by atoms with Gasteiger partial charge in [0.1, 0.15) is 11.6 Å². The van der Waals surface area contributed by atoms with Gasteiger partial charge in [-0.1, -0.05) is 11.6 Å². The number of aromatic hydroxyl groups is 1. The number of carboxylic acids is 1. The van der Waals surface area contributed by atoms with Crippen molar-refractivity contribution in [3.05, 3.63) is 52.8 Å². The molecular weight excluding hydrogens is 259 g/mol. The van der Waals surface area contributed by atoms with Crippen LogP contribution in [0.5, 0.6) is 5.75 Å². The molecule has 92 valence electrons. The molecule has 0 radical (unpaired) electrons. The second-order valence-electron chi connectivity index (χ2n) is 3.70. The van der Waals surface area contributed by atoms with Crippen LogP contribution in [-0.2, 0) is 0 Å². The number of phenolic OH excluding ortho intramolecular Hbond substituents is 1. The highest BCUT2D eigenvalue weighted by Gasteiger charge is 2.10. The van der Waals surface area contributed by atoms with E-state index >= 15 is 0 Å². The Morgan fingerprint density at radius 1 is 1.17 bits per heavy atom. The number of phenols is 1. The van der Waals surface area contributed by atoms with Crippen molar-refractivity contribution in [1.29, 1.82) is 0 Å². The largest absolute Gasteiger partial charge is 0.508 e. The van der Waals surface area contributed by atoms with Crippen molar-refractivity contribution >= 4 is 17.6 Å². The number of benzene rings is 2. The Bertz CT molecular complexity index is 605. The van der Waals surface area contributed by atoms with Crippen molar-refractivity contribution in [2.45, 2.75) is 0 Å². The first-order valence-electron chi connectivity index (χ1n) is 5.00. The quantitative estimate of drug-likeness (QED) is 0.874. The summed E-state index contributed by atoms with van der Waals surface area (Å²) in [6, 6.07) is 7.55. The van der Waals surface area contributed by atoms with Crippen LogP contribution in [0.25, 0.3) is 11.1 Å². The minimum Gasteiger partial charge on any atom is -0.508 e. The molecule has 2 N–H and O–H groups in total. The van der Waals surface area contributed by atoms with Crippen LogP contribution in [0.3, 0.4) is 0 Å². The number of carboxylic acid groups (broad SMARTS) is 1. The van der Waals surface area contributed by atoms with Gasteiger partial charge in [0.15, 0.2) is 0 Å². The van der Waals surface area contributed by atoms with Crippen LogP contribution >= 0.6 is 11.6 Å². The molecule has 2 aromatic carbocycles. The lowest BCUT2D eigenvalue weighted by Gasteiger charge is -2.07. The summed E-state index contributed by atoms with van der Waals surface area (Å²) >= 11 is 5.94. The fourth-order valence-corrected chi connectivity index (χ4v) is 1.84. The molecule has 2 rings (SSSR count). The molecule has 0 fully saturated rings. The van der Waals surface area contributed by atoms with Gasteiger partial charge in [0.25, 0.3) is 0 Å². The van der Waals surface area contributed by atoms with Gasteiger partial charge in [0.2, 0.25) is 0 Å². The van der Waals surface area contributed by atoms with E-state index in [1.54, 1.807) is 0 Å². The average Bonchev–Trinajstić information content (AvgIpc) is 2.27. The topological polar surface area (TPSA) is 57.5 Å². The molecule has 0 aliphatic heterocycles. The number of rotatable bonds is 2. The smallest absolute Gasteiger partial charge is 0.335 e. The van der Waals surface area contributed by atoms with Crippen molar-refractivity contribution in [3.8, 4) is 16.9 Å². The molecule has 0 aliphatic carbocycles. The van der Waals surface area contributed by atoms with Crippen molar-refractivity contribution < 1.29 is 19.4 Å². The van der Waals surface area contributed by atoms with E-state index in [9.17, 15) is 14.3 Å². The molecule has 0 saturated carbocycles. The number of hydrogen-bond acceptors (Lipinski definition) is 2. The second kappa shape index (κ2) is 4.66. The summed E-state index contributed by atoms with van der Waals surface area (Å²) in [7, 11) is 0. The van der Waals surface area contributed by atoms with E-state index in [2.05, 4.69) is 0 Å². The average molecular weight is 267 g/mol. The Morgan fingerprint density at radius 2 is 1.89 bits per heavy atom. The minimum atomic E-state index is -1.10. The maximum Gasteiger partial charge on any atom is 0.335 e. The molecule has 0 unspecified atom stereocenters. The van der Waals surface area contributed by atoms with Crippen LogP contribution in [-0.4, -0.2) is 16.2 Å². The van der Waals surface area contributed by atoms with Crippen molar-refractivity contribution in [1.82, 2.24) is 0 Å². The summed E-state index contributed by atoms with van der Waals surface area (Å²) in [4.78, 5) is 10.9. The summed E-state index contributed by atoms with van der Waals surface area (Å²) in [5.74, 6) is -1.97. The first kappa shape index (κ1) is 12.4. The fourth-order valence-electron chi connectivity index (χ4n) is 1.61. The Labute approximate surface area is 107 Å². The van der Waals surface area contributed by atoms with Gasteiger partial charge >= 0.3 is 5.97 Å². The predicted molar refractivity (Wildman–Crippen MR) is 65.5 cm³/mol. The zero-order valence-corrected chi connectivity index (χ0v) is 9.78. The predicted octanol–water partition coefficient (Wildman–Crippen LogP) is 3.55. The first-order chi connectivity index (χ1) is 8.47. The minimum absolute atomic E-state index is 0.0400. The van der Waals surface area contributed by atoms with Crippen LogP contribution in [0.15, 0.2) is 36.4 Å². The molecule has 5 heteroatoms. The molecule has 0 heterocycles. The SMILES string of the molecule is O=C(O)c1ccc(Cl)c(-c2cc(O)cc(F)c2)c1. The van der Waals surface area contributed by atoms with Gasteiger partial charge in [0, 0.05) is 16.7 Å². The van der Waals surface area contributed by atoms with Gasteiger partial charge in [-0.05, 0) is 35.9 Å². The summed E-state index contributed by atoms with van der Waals surface area (Å²) < 4.78 is 13.2. The van der Waals surface area contributed by atoms with E-state index in [1.807, 2.05) is 0 Å². The zero-order chi connectivity index (χ0) is 13.3. The van der Waals surface area contributed by atoms with E-state index in [1.165, 1.54) is 30.3 Å². The van der Waals surface area contributed by atoms with Crippen LogP contribution in [0.1, 0.15) is 10.4 Å². The lowest BCUT2D eigenvalue weighted by atomic mass is 10.0. The summed E-state index contributed by atoms with van der Waals surface area (Å²) in [5, 5.41) is 18.5. The van der Waals surface area contributed by atoms with E-state index in [0.29, 0.717) is 11.1 Å². The molecule has 0 atom stereocenters. The number of hydrogen-bond donors (Lipinski definition) is 2. The molecule has 18 heavy (non-hydrogen) atoms. The molecule has 0 aromatic heterocycles.